The first-order valence-electron chi connectivity index (χ1n) is 8.52. The predicted octanol–water partition coefficient (Wildman–Crippen LogP) is 1.68. The fraction of sp³-hybridized carbons (Fsp3) is 0.105. The van der Waals surface area contributed by atoms with Crippen molar-refractivity contribution in [2.75, 3.05) is 10.2 Å². The van der Waals surface area contributed by atoms with Gasteiger partial charge in [0.2, 0.25) is 5.91 Å². The molecule has 4 rings (SSSR count). The average Bonchev–Trinajstić information content (AvgIpc) is 3.19. The van der Waals surface area contributed by atoms with Crippen molar-refractivity contribution in [1.82, 2.24) is 14.3 Å². The molecule has 0 saturated carbocycles. The standard InChI is InChI=1S/C19H13FN6O3/c20-13-3-7-15(8-4-13)24-10-16-23-25(19(29)26(16)18(24)28)11-17(27)22-14-5-1-12(9-21)2-6-14/h1-8H,10-11H2,(H,22,27). The number of hydrogen-bond donors (Lipinski definition) is 1. The van der Waals surface area contributed by atoms with Crippen LogP contribution < -0.4 is 15.9 Å². The van der Waals surface area contributed by atoms with Gasteiger partial charge in [-0.3, -0.25) is 9.69 Å². The van der Waals surface area contributed by atoms with E-state index in [1.165, 1.54) is 29.2 Å². The summed E-state index contributed by atoms with van der Waals surface area (Å²) in [7, 11) is 0. The number of anilines is 2. The molecule has 2 heterocycles. The zero-order chi connectivity index (χ0) is 20.5. The highest BCUT2D eigenvalue weighted by Gasteiger charge is 2.33. The molecule has 0 unspecified atom stereocenters. The molecule has 2 aromatic carbocycles. The van der Waals surface area contributed by atoms with Crippen LogP contribution in [0.4, 0.5) is 20.6 Å². The quantitative estimate of drug-likeness (QED) is 0.726. The minimum absolute atomic E-state index is 0.0317. The molecule has 3 aromatic rings. The Labute approximate surface area is 163 Å². The van der Waals surface area contributed by atoms with Gasteiger partial charge in [-0.05, 0) is 48.5 Å². The van der Waals surface area contributed by atoms with Crippen LogP contribution in [0.25, 0.3) is 0 Å². The molecule has 10 heteroatoms. The Morgan fingerprint density at radius 1 is 1.14 bits per heavy atom. The zero-order valence-corrected chi connectivity index (χ0v) is 14.9. The molecule has 144 valence electrons. The van der Waals surface area contributed by atoms with Gasteiger partial charge in [0.25, 0.3) is 0 Å². The van der Waals surface area contributed by atoms with E-state index in [-0.39, 0.29) is 18.9 Å². The van der Waals surface area contributed by atoms with Crippen LogP contribution in [-0.2, 0) is 17.9 Å². The molecule has 0 spiro atoms. The summed E-state index contributed by atoms with van der Waals surface area (Å²) in [6.45, 7) is -0.341. The number of benzene rings is 2. The monoisotopic (exact) mass is 392 g/mol. The van der Waals surface area contributed by atoms with Crippen LogP contribution in [0.15, 0.2) is 53.3 Å². The lowest BCUT2D eigenvalue weighted by molar-refractivity contribution is -0.117. The second-order valence-electron chi connectivity index (χ2n) is 6.27. The second-order valence-corrected chi connectivity index (χ2v) is 6.27. The maximum absolute atomic E-state index is 13.1. The van der Waals surface area contributed by atoms with Gasteiger partial charge in [-0.2, -0.15) is 14.9 Å². The topological polar surface area (TPSA) is 113 Å². The fourth-order valence-corrected chi connectivity index (χ4v) is 2.97. The number of carbonyl (C=O) groups is 2. The minimum Gasteiger partial charge on any atom is -0.324 e. The first kappa shape index (κ1) is 18.1. The Morgan fingerprint density at radius 3 is 2.45 bits per heavy atom. The number of carbonyl (C=O) groups excluding carboxylic acids is 2. The molecule has 1 aliphatic rings. The zero-order valence-electron chi connectivity index (χ0n) is 14.9. The lowest BCUT2D eigenvalue weighted by Crippen LogP contribution is -2.36. The summed E-state index contributed by atoms with van der Waals surface area (Å²) >= 11 is 0. The molecule has 0 fully saturated rings. The van der Waals surface area contributed by atoms with Crippen molar-refractivity contribution in [3.8, 4) is 6.07 Å². The molecular formula is C19H13FN6O3. The van der Waals surface area contributed by atoms with E-state index in [0.29, 0.717) is 16.9 Å². The van der Waals surface area contributed by atoms with Crippen molar-refractivity contribution in [2.45, 2.75) is 13.1 Å². The Bertz CT molecular complexity index is 1200. The minimum atomic E-state index is -0.732. The third-order valence-corrected chi connectivity index (χ3v) is 4.36. The van der Waals surface area contributed by atoms with E-state index in [9.17, 15) is 18.8 Å². The molecule has 1 aliphatic heterocycles. The lowest BCUT2D eigenvalue weighted by atomic mass is 10.2. The number of nitrogens with zero attached hydrogens (tertiary/aromatic N) is 5. The molecule has 0 aliphatic carbocycles. The van der Waals surface area contributed by atoms with E-state index < -0.39 is 23.4 Å². The average molecular weight is 392 g/mol. The molecular weight excluding hydrogens is 379 g/mol. The molecule has 1 aromatic heterocycles. The molecule has 0 radical (unpaired) electrons. The summed E-state index contributed by atoms with van der Waals surface area (Å²) in [6.07, 6.45) is 0. The van der Waals surface area contributed by atoms with Crippen molar-refractivity contribution < 1.29 is 14.0 Å². The fourth-order valence-electron chi connectivity index (χ4n) is 2.97. The van der Waals surface area contributed by atoms with Crippen LogP contribution >= 0.6 is 0 Å². The maximum Gasteiger partial charge on any atom is 0.354 e. The van der Waals surface area contributed by atoms with Crippen molar-refractivity contribution >= 4 is 23.3 Å². The van der Waals surface area contributed by atoms with Gasteiger partial charge in [0.1, 0.15) is 12.4 Å². The number of rotatable bonds is 4. The third kappa shape index (κ3) is 3.37. The van der Waals surface area contributed by atoms with Gasteiger partial charge in [0.05, 0.1) is 18.2 Å². The number of nitrogens with one attached hydrogen (secondary N) is 1. The van der Waals surface area contributed by atoms with E-state index in [4.69, 9.17) is 5.26 Å². The molecule has 9 nitrogen and oxygen atoms in total. The molecule has 0 saturated heterocycles. The van der Waals surface area contributed by atoms with E-state index >= 15 is 0 Å². The van der Waals surface area contributed by atoms with Gasteiger partial charge in [0.15, 0.2) is 5.82 Å². The Kier molecular flexibility index (Phi) is 4.40. The molecule has 29 heavy (non-hydrogen) atoms. The Balaban J connectivity index is 1.49. The molecule has 0 atom stereocenters. The van der Waals surface area contributed by atoms with Gasteiger partial charge >= 0.3 is 11.7 Å². The van der Waals surface area contributed by atoms with Crippen molar-refractivity contribution in [2.24, 2.45) is 0 Å². The summed E-state index contributed by atoms with van der Waals surface area (Å²) < 4.78 is 14.9. The van der Waals surface area contributed by atoms with Crippen LogP contribution in [0.5, 0.6) is 0 Å². The number of amides is 2. The van der Waals surface area contributed by atoms with Crippen LogP contribution in [0.1, 0.15) is 11.4 Å². The highest BCUT2D eigenvalue weighted by atomic mass is 19.1. The van der Waals surface area contributed by atoms with Crippen LogP contribution in [0.2, 0.25) is 0 Å². The second kappa shape index (κ2) is 7.05. The van der Waals surface area contributed by atoms with E-state index in [1.54, 1.807) is 24.3 Å². The van der Waals surface area contributed by atoms with Crippen molar-refractivity contribution in [3.63, 3.8) is 0 Å². The van der Waals surface area contributed by atoms with Crippen LogP contribution in [0, 0.1) is 17.1 Å². The number of halogens is 1. The summed E-state index contributed by atoms with van der Waals surface area (Å²) in [4.78, 5) is 38.6. The smallest absolute Gasteiger partial charge is 0.324 e. The highest BCUT2D eigenvalue weighted by Crippen LogP contribution is 2.22. The molecule has 1 N–H and O–H groups in total. The van der Waals surface area contributed by atoms with Gasteiger partial charge < -0.3 is 5.32 Å². The van der Waals surface area contributed by atoms with Gasteiger partial charge in [0, 0.05) is 11.4 Å². The Hall–Kier alpha value is -4.26. The summed E-state index contributed by atoms with van der Waals surface area (Å²) in [5, 5.41) is 15.5. The van der Waals surface area contributed by atoms with E-state index in [1.807, 2.05) is 6.07 Å². The maximum atomic E-state index is 13.1. The predicted molar refractivity (Wildman–Crippen MR) is 99.7 cm³/mol. The van der Waals surface area contributed by atoms with E-state index in [2.05, 4.69) is 10.4 Å². The number of fused-ring (bicyclic) bond motifs is 1. The van der Waals surface area contributed by atoms with Crippen molar-refractivity contribution in [1.29, 1.82) is 5.26 Å². The highest BCUT2D eigenvalue weighted by molar-refractivity contribution is 5.96. The summed E-state index contributed by atoms with van der Waals surface area (Å²) in [6, 6.07) is 12.9. The largest absolute Gasteiger partial charge is 0.354 e. The SMILES string of the molecule is N#Cc1ccc(NC(=O)Cn2nc3n(c2=O)C(=O)N(c2ccc(F)cc2)C3)cc1. The third-order valence-electron chi connectivity index (χ3n) is 4.36. The van der Waals surface area contributed by atoms with E-state index in [0.717, 1.165) is 9.25 Å². The normalized spacial score (nSPS) is 12.6. The molecule has 0 bridgehead atoms. The lowest BCUT2D eigenvalue weighted by Gasteiger charge is -2.14. The first-order valence-corrected chi connectivity index (χ1v) is 8.52. The number of hydrogen-bond acceptors (Lipinski definition) is 5. The van der Waals surface area contributed by atoms with Gasteiger partial charge in [-0.25, -0.2) is 18.7 Å². The number of aromatic nitrogens is 3. The Morgan fingerprint density at radius 2 is 1.83 bits per heavy atom. The van der Waals surface area contributed by atoms with Gasteiger partial charge in [-0.15, -0.1) is 0 Å². The van der Waals surface area contributed by atoms with Crippen LogP contribution in [0.3, 0.4) is 0 Å². The molecule has 2 amide bonds. The summed E-state index contributed by atoms with van der Waals surface area (Å²) in [5.41, 5.74) is 0.623. The van der Waals surface area contributed by atoms with Crippen LogP contribution in [-0.4, -0.2) is 26.3 Å². The first-order chi connectivity index (χ1) is 14.0. The number of nitriles is 1. The van der Waals surface area contributed by atoms with Crippen molar-refractivity contribution in [3.05, 3.63) is 76.2 Å². The summed E-state index contributed by atoms with van der Waals surface area (Å²) in [5.74, 6) is -0.749. The van der Waals surface area contributed by atoms with Gasteiger partial charge in [-0.1, -0.05) is 0 Å².